The highest BCUT2D eigenvalue weighted by Gasteiger charge is 2.35. The van der Waals surface area contributed by atoms with Crippen LogP contribution in [0.2, 0.25) is 0 Å². The average Bonchev–Trinajstić information content (AvgIpc) is 2.77. The predicted octanol–water partition coefficient (Wildman–Crippen LogP) is 2.83. The third kappa shape index (κ3) is 3.41. The molecule has 2 fully saturated rings. The van der Waals surface area contributed by atoms with E-state index in [1.807, 2.05) is 0 Å². The molecule has 0 spiro atoms. The van der Waals surface area contributed by atoms with Gasteiger partial charge in [0.05, 0.1) is 6.54 Å². The van der Waals surface area contributed by atoms with Gasteiger partial charge in [-0.2, -0.15) is 0 Å². The lowest BCUT2D eigenvalue weighted by molar-refractivity contribution is 0.299. The standard InChI is InChI=1S/C14H24ClN3/c1-3-16-14(17-8-11(2)15)18-9-12-6-4-5-7-13(12)10-18/h12-13H,2-10H2,1H3,(H,16,17). The summed E-state index contributed by atoms with van der Waals surface area (Å²) in [6.07, 6.45) is 5.59. The smallest absolute Gasteiger partial charge is 0.194 e. The minimum absolute atomic E-state index is 0.510. The van der Waals surface area contributed by atoms with E-state index in [1.54, 1.807) is 0 Å². The maximum absolute atomic E-state index is 5.80. The van der Waals surface area contributed by atoms with E-state index in [2.05, 4.69) is 28.7 Å². The van der Waals surface area contributed by atoms with Crippen LogP contribution in [0, 0.1) is 11.8 Å². The van der Waals surface area contributed by atoms with E-state index in [0.29, 0.717) is 11.6 Å². The number of hydrogen-bond donors (Lipinski definition) is 1. The molecule has 2 aliphatic rings. The zero-order valence-electron chi connectivity index (χ0n) is 11.3. The Balaban J connectivity index is 1.98. The lowest BCUT2D eigenvalue weighted by Gasteiger charge is -2.22. The van der Waals surface area contributed by atoms with Crippen molar-refractivity contribution in [3.05, 3.63) is 11.6 Å². The van der Waals surface area contributed by atoms with Gasteiger partial charge < -0.3 is 10.2 Å². The van der Waals surface area contributed by atoms with E-state index < -0.39 is 0 Å². The molecule has 0 aromatic heterocycles. The van der Waals surface area contributed by atoms with E-state index >= 15 is 0 Å². The normalized spacial score (nSPS) is 28.1. The molecule has 1 aliphatic carbocycles. The second kappa shape index (κ2) is 6.46. The van der Waals surface area contributed by atoms with Crippen molar-refractivity contribution in [1.29, 1.82) is 0 Å². The van der Waals surface area contributed by atoms with Gasteiger partial charge in [0.1, 0.15) is 0 Å². The highest BCUT2D eigenvalue weighted by molar-refractivity contribution is 6.29. The Hall–Kier alpha value is -0.700. The molecule has 2 unspecified atom stereocenters. The number of hydrogen-bond acceptors (Lipinski definition) is 1. The summed E-state index contributed by atoms with van der Waals surface area (Å²) >= 11 is 5.80. The highest BCUT2D eigenvalue weighted by atomic mass is 35.5. The van der Waals surface area contributed by atoms with Crippen LogP contribution in [0.3, 0.4) is 0 Å². The molecule has 1 saturated carbocycles. The van der Waals surface area contributed by atoms with Crippen LogP contribution in [0.4, 0.5) is 0 Å². The van der Waals surface area contributed by atoms with Crippen molar-refractivity contribution in [3.63, 3.8) is 0 Å². The molecule has 2 rings (SSSR count). The molecule has 0 aromatic carbocycles. The molecule has 3 nitrogen and oxygen atoms in total. The molecule has 18 heavy (non-hydrogen) atoms. The van der Waals surface area contributed by atoms with E-state index in [1.165, 1.54) is 25.7 Å². The van der Waals surface area contributed by atoms with E-state index in [4.69, 9.17) is 11.6 Å². The Bertz CT molecular complexity index is 313. The van der Waals surface area contributed by atoms with Crippen LogP contribution in [-0.2, 0) is 0 Å². The Kier molecular flexibility index (Phi) is 4.93. The van der Waals surface area contributed by atoms with Crippen LogP contribution in [0.5, 0.6) is 0 Å². The van der Waals surface area contributed by atoms with Gasteiger partial charge in [0.25, 0.3) is 0 Å². The first-order chi connectivity index (χ1) is 8.70. The summed E-state index contributed by atoms with van der Waals surface area (Å²) in [5, 5.41) is 3.96. The molecule has 2 atom stereocenters. The molecule has 1 heterocycles. The van der Waals surface area contributed by atoms with Crippen molar-refractivity contribution < 1.29 is 0 Å². The first kappa shape index (κ1) is 13.7. The molecule has 1 N–H and O–H groups in total. The number of nitrogens with one attached hydrogen (secondary N) is 1. The van der Waals surface area contributed by atoms with Crippen molar-refractivity contribution in [1.82, 2.24) is 10.2 Å². The van der Waals surface area contributed by atoms with Crippen LogP contribution >= 0.6 is 11.6 Å². The fourth-order valence-electron chi connectivity index (χ4n) is 3.17. The quantitative estimate of drug-likeness (QED) is 0.630. The molecule has 0 aromatic rings. The maximum Gasteiger partial charge on any atom is 0.194 e. The topological polar surface area (TPSA) is 27.6 Å². The van der Waals surface area contributed by atoms with Gasteiger partial charge in [0.2, 0.25) is 0 Å². The summed E-state index contributed by atoms with van der Waals surface area (Å²) in [4.78, 5) is 6.96. The van der Waals surface area contributed by atoms with Crippen molar-refractivity contribution in [2.75, 3.05) is 26.2 Å². The van der Waals surface area contributed by atoms with Crippen molar-refractivity contribution in [2.24, 2.45) is 16.8 Å². The van der Waals surface area contributed by atoms with Gasteiger partial charge in [-0.3, -0.25) is 0 Å². The van der Waals surface area contributed by atoms with Gasteiger partial charge in [-0.25, -0.2) is 4.99 Å². The fraction of sp³-hybridized carbons (Fsp3) is 0.786. The SMILES string of the molecule is C=C(Cl)CN=C(NCC)N1CC2CCCCC2C1. The third-order valence-electron chi connectivity index (χ3n) is 4.01. The third-order valence-corrected chi connectivity index (χ3v) is 4.13. The number of aliphatic imine (C=N–C) groups is 1. The van der Waals surface area contributed by atoms with Crippen molar-refractivity contribution >= 4 is 17.6 Å². The summed E-state index contributed by atoms with van der Waals surface area (Å²) in [6, 6.07) is 0. The van der Waals surface area contributed by atoms with E-state index in [-0.39, 0.29) is 0 Å². The predicted molar refractivity (Wildman–Crippen MR) is 78.0 cm³/mol. The second-order valence-electron chi connectivity index (χ2n) is 5.40. The zero-order chi connectivity index (χ0) is 13.0. The Morgan fingerprint density at radius 3 is 2.44 bits per heavy atom. The van der Waals surface area contributed by atoms with Crippen LogP contribution in [0.15, 0.2) is 16.6 Å². The first-order valence-corrected chi connectivity index (χ1v) is 7.45. The minimum atomic E-state index is 0.510. The summed E-state index contributed by atoms with van der Waals surface area (Å²) in [7, 11) is 0. The number of halogens is 1. The minimum Gasteiger partial charge on any atom is -0.357 e. The van der Waals surface area contributed by atoms with Crippen LogP contribution in [0.25, 0.3) is 0 Å². The monoisotopic (exact) mass is 269 g/mol. The van der Waals surface area contributed by atoms with Crippen molar-refractivity contribution in [2.45, 2.75) is 32.6 Å². The van der Waals surface area contributed by atoms with Crippen LogP contribution in [0.1, 0.15) is 32.6 Å². The number of nitrogens with zero attached hydrogens (tertiary/aromatic N) is 2. The van der Waals surface area contributed by atoms with E-state index in [0.717, 1.165) is 37.4 Å². The van der Waals surface area contributed by atoms with Crippen molar-refractivity contribution in [3.8, 4) is 0 Å². The molecule has 0 bridgehead atoms. The van der Waals surface area contributed by atoms with Gasteiger partial charge in [0.15, 0.2) is 5.96 Å². The van der Waals surface area contributed by atoms with Gasteiger partial charge in [-0.05, 0) is 31.6 Å². The summed E-state index contributed by atoms with van der Waals surface area (Å²) in [6.45, 7) is 9.53. The fourth-order valence-corrected chi connectivity index (χ4v) is 3.23. The molecule has 0 amide bonds. The van der Waals surface area contributed by atoms with Crippen LogP contribution in [-0.4, -0.2) is 37.0 Å². The average molecular weight is 270 g/mol. The summed E-state index contributed by atoms with van der Waals surface area (Å²) in [5.41, 5.74) is 0. The maximum atomic E-state index is 5.80. The summed E-state index contributed by atoms with van der Waals surface area (Å²) < 4.78 is 0. The Morgan fingerprint density at radius 2 is 1.94 bits per heavy atom. The lowest BCUT2D eigenvalue weighted by Crippen LogP contribution is -2.40. The van der Waals surface area contributed by atoms with Gasteiger partial charge in [-0.1, -0.05) is 31.0 Å². The van der Waals surface area contributed by atoms with Crippen LogP contribution < -0.4 is 5.32 Å². The molecule has 1 aliphatic heterocycles. The molecule has 102 valence electrons. The second-order valence-corrected chi connectivity index (χ2v) is 5.93. The highest BCUT2D eigenvalue weighted by Crippen LogP contribution is 2.35. The van der Waals surface area contributed by atoms with Gasteiger partial charge in [0, 0.05) is 24.7 Å². The van der Waals surface area contributed by atoms with Gasteiger partial charge in [-0.15, -0.1) is 0 Å². The Labute approximate surface area is 115 Å². The summed E-state index contributed by atoms with van der Waals surface area (Å²) in [5.74, 6) is 2.76. The molecule has 0 radical (unpaired) electrons. The number of rotatable bonds is 3. The molecule has 4 heteroatoms. The first-order valence-electron chi connectivity index (χ1n) is 7.07. The Morgan fingerprint density at radius 1 is 1.33 bits per heavy atom. The number of fused-ring (bicyclic) bond motifs is 1. The molecule has 1 saturated heterocycles. The number of guanidine groups is 1. The number of likely N-dealkylation sites (tertiary alicyclic amines) is 1. The molecular weight excluding hydrogens is 246 g/mol. The zero-order valence-corrected chi connectivity index (χ0v) is 12.0. The van der Waals surface area contributed by atoms with E-state index in [9.17, 15) is 0 Å². The van der Waals surface area contributed by atoms with Gasteiger partial charge >= 0.3 is 0 Å². The lowest BCUT2D eigenvalue weighted by atomic mass is 9.82. The molecular formula is C14H24ClN3. The largest absolute Gasteiger partial charge is 0.357 e.